The van der Waals surface area contributed by atoms with Crippen LogP contribution in [0.5, 0.6) is 0 Å². The molecule has 1 aromatic rings. The molecule has 6 nitrogen and oxygen atoms in total. The van der Waals surface area contributed by atoms with Crippen LogP contribution in [0.15, 0.2) is 18.2 Å². The summed E-state index contributed by atoms with van der Waals surface area (Å²) in [6, 6.07) is 3.49. The van der Waals surface area contributed by atoms with Gasteiger partial charge in [0.05, 0.1) is 23.7 Å². The first-order chi connectivity index (χ1) is 12.5. The molecule has 1 aliphatic rings. The number of rotatable bonds is 4. The minimum absolute atomic E-state index is 0.00443. The van der Waals surface area contributed by atoms with Gasteiger partial charge in [-0.15, -0.1) is 0 Å². The second kappa shape index (κ2) is 7.61. The Kier molecular flexibility index (Phi) is 5.86. The van der Waals surface area contributed by atoms with E-state index < -0.39 is 54.0 Å². The number of carbonyl (C=O) groups excluding carboxylic acids is 1. The van der Waals surface area contributed by atoms with E-state index >= 15 is 0 Å². The first-order valence-corrected chi connectivity index (χ1v) is 7.57. The Balaban J connectivity index is 2.39. The molecule has 1 aliphatic heterocycles. The number of anilines is 1. The lowest BCUT2D eigenvalue weighted by molar-refractivity contribution is -0.213. The fraction of sp³-hybridized carbons (Fsp3) is 0.467. The van der Waals surface area contributed by atoms with Crippen LogP contribution in [0.3, 0.4) is 0 Å². The van der Waals surface area contributed by atoms with Crippen molar-refractivity contribution in [2.45, 2.75) is 24.7 Å². The first-order valence-electron chi connectivity index (χ1n) is 7.57. The van der Waals surface area contributed by atoms with Crippen LogP contribution < -0.4 is 16.0 Å². The van der Waals surface area contributed by atoms with Crippen molar-refractivity contribution in [3.8, 4) is 6.07 Å². The molecule has 1 aromatic carbocycles. The molecule has 0 radical (unpaired) electrons. The van der Waals surface area contributed by atoms with Crippen LogP contribution in [-0.4, -0.2) is 44.0 Å². The second-order valence-electron chi connectivity index (χ2n) is 5.59. The predicted molar refractivity (Wildman–Crippen MR) is 80.3 cm³/mol. The van der Waals surface area contributed by atoms with Gasteiger partial charge < -0.3 is 20.7 Å². The van der Waals surface area contributed by atoms with Crippen molar-refractivity contribution in [3.05, 3.63) is 29.3 Å². The Bertz CT molecular complexity index is 743. The van der Waals surface area contributed by atoms with Crippen molar-refractivity contribution < 1.29 is 35.9 Å². The van der Waals surface area contributed by atoms with Crippen LogP contribution in [0.2, 0.25) is 0 Å². The van der Waals surface area contributed by atoms with Crippen molar-refractivity contribution in [3.63, 3.8) is 0 Å². The van der Waals surface area contributed by atoms with Gasteiger partial charge in [-0.1, -0.05) is 0 Å². The highest BCUT2D eigenvalue weighted by atomic mass is 19.4. The third-order valence-corrected chi connectivity index (χ3v) is 3.72. The molecule has 2 atom stereocenters. The number of nitrogens with two attached hydrogens (primary N) is 1. The fourth-order valence-corrected chi connectivity index (χ4v) is 2.54. The van der Waals surface area contributed by atoms with Gasteiger partial charge in [0, 0.05) is 18.8 Å². The molecular weight excluding hydrogens is 382 g/mol. The highest BCUT2D eigenvalue weighted by Crippen LogP contribution is 2.39. The maximum absolute atomic E-state index is 13.3. The Labute approximate surface area is 149 Å². The number of benzene rings is 1. The average Bonchev–Trinajstić information content (AvgIpc) is 3.04. The molecule has 0 aromatic heterocycles. The number of hydrogen-bond donors (Lipinski definition) is 2. The number of amides is 1. The molecule has 1 fully saturated rings. The lowest BCUT2D eigenvalue weighted by atomic mass is 10.1. The van der Waals surface area contributed by atoms with Crippen molar-refractivity contribution in [1.82, 2.24) is 5.32 Å². The van der Waals surface area contributed by atoms with Crippen LogP contribution >= 0.6 is 0 Å². The summed E-state index contributed by atoms with van der Waals surface area (Å²) in [6.07, 6.45) is -14.1. The summed E-state index contributed by atoms with van der Waals surface area (Å²) in [5.41, 5.74) is 2.62. The Morgan fingerprint density at radius 3 is 2.52 bits per heavy atom. The van der Waals surface area contributed by atoms with Gasteiger partial charge in [-0.2, -0.15) is 31.6 Å². The summed E-state index contributed by atoms with van der Waals surface area (Å²) in [5, 5.41) is 11.1. The van der Waals surface area contributed by atoms with Crippen LogP contribution in [0.4, 0.5) is 32.0 Å². The Morgan fingerprint density at radius 1 is 1.33 bits per heavy atom. The third-order valence-electron chi connectivity index (χ3n) is 3.72. The summed E-state index contributed by atoms with van der Waals surface area (Å²) in [5.74, 6) is -0.859. The van der Waals surface area contributed by atoms with E-state index in [0.717, 1.165) is 12.1 Å². The number of nitrogens with one attached hydrogen (secondary N) is 1. The molecule has 3 N–H and O–H groups in total. The zero-order valence-corrected chi connectivity index (χ0v) is 13.6. The highest BCUT2D eigenvalue weighted by Gasteiger charge is 2.52. The minimum Gasteiger partial charge on any atom is -0.353 e. The van der Waals surface area contributed by atoms with Gasteiger partial charge in [-0.25, -0.2) is 0 Å². The number of ether oxygens (including phenoxy) is 1. The SMILES string of the molecule is N#Cc1ccc(N2C[C@@H](C(=O)NCCN)O[C@@H]2C(F)(F)F)cc1C(F)(F)F. The lowest BCUT2D eigenvalue weighted by Crippen LogP contribution is -2.42. The van der Waals surface area contributed by atoms with Crippen LogP contribution in [0.1, 0.15) is 11.1 Å². The topological polar surface area (TPSA) is 91.4 Å². The van der Waals surface area contributed by atoms with Crippen molar-refractivity contribution in [2.75, 3.05) is 24.5 Å². The molecule has 0 saturated carbocycles. The standard InChI is InChI=1S/C15H14F6N4O2/c16-14(17,18)10-5-9(2-1-8(10)6-23)25-7-11(12(26)24-4-3-22)27-13(25)15(19,20)21/h1-2,5,11,13H,3-4,7,22H2,(H,24,26)/t11-,13+/m0/s1. The Hall–Kier alpha value is -2.52. The van der Waals surface area contributed by atoms with Gasteiger partial charge in [0.2, 0.25) is 6.23 Å². The molecule has 0 bridgehead atoms. The number of nitriles is 1. The molecule has 27 heavy (non-hydrogen) atoms. The van der Waals surface area contributed by atoms with Crippen molar-refractivity contribution in [1.29, 1.82) is 5.26 Å². The van der Waals surface area contributed by atoms with Crippen LogP contribution in [0.25, 0.3) is 0 Å². The number of nitrogens with zero attached hydrogens (tertiary/aromatic N) is 2. The van der Waals surface area contributed by atoms with Gasteiger partial charge in [0.15, 0.2) is 6.10 Å². The summed E-state index contributed by atoms with van der Waals surface area (Å²) >= 11 is 0. The van der Waals surface area contributed by atoms with E-state index in [0.29, 0.717) is 11.0 Å². The zero-order chi connectivity index (χ0) is 20.4. The second-order valence-corrected chi connectivity index (χ2v) is 5.59. The van der Waals surface area contributed by atoms with Gasteiger partial charge in [-0.05, 0) is 18.2 Å². The normalized spacial score (nSPS) is 20.4. The van der Waals surface area contributed by atoms with E-state index in [4.69, 9.17) is 15.7 Å². The lowest BCUT2D eigenvalue weighted by Gasteiger charge is -2.27. The third kappa shape index (κ3) is 4.61. The van der Waals surface area contributed by atoms with Gasteiger partial charge >= 0.3 is 12.4 Å². The molecule has 0 aliphatic carbocycles. The first kappa shape index (κ1) is 20.8. The molecule has 148 valence electrons. The van der Waals surface area contributed by atoms with Gasteiger partial charge in [0.25, 0.3) is 5.91 Å². The summed E-state index contributed by atoms with van der Waals surface area (Å²) in [4.78, 5) is 12.4. The van der Waals surface area contributed by atoms with Crippen molar-refractivity contribution >= 4 is 11.6 Å². The summed E-state index contributed by atoms with van der Waals surface area (Å²) in [7, 11) is 0. The summed E-state index contributed by atoms with van der Waals surface area (Å²) in [6.45, 7) is -0.566. The van der Waals surface area contributed by atoms with E-state index in [9.17, 15) is 31.1 Å². The molecule has 2 rings (SSSR count). The maximum atomic E-state index is 13.3. The number of halogens is 6. The minimum atomic E-state index is -4.96. The molecule has 0 unspecified atom stereocenters. The zero-order valence-electron chi connectivity index (χ0n) is 13.6. The monoisotopic (exact) mass is 396 g/mol. The molecule has 0 spiro atoms. The van der Waals surface area contributed by atoms with E-state index in [2.05, 4.69) is 5.32 Å². The molecule has 1 heterocycles. The quantitative estimate of drug-likeness (QED) is 0.757. The molecule has 12 heteroatoms. The molecule has 1 saturated heterocycles. The average molecular weight is 396 g/mol. The van der Waals surface area contributed by atoms with Gasteiger partial charge in [0.1, 0.15) is 0 Å². The molecule has 1 amide bonds. The highest BCUT2D eigenvalue weighted by molar-refractivity contribution is 5.82. The number of hydrogen-bond acceptors (Lipinski definition) is 5. The maximum Gasteiger partial charge on any atom is 0.433 e. The van der Waals surface area contributed by atoms with Crippen LogP contribution in [-0.2, 0) is 15.7 Å². The van der Waals surface area contributed by atoms with E-state index in [1.165, 1.54) is 6.07 Å². The Morgan fingerprint density at radius 2 is 2.00 bits per heavy atom. The van der Waals surface area contributed by atoms with E-state index in [1.54, 1.807) is 0 Å². The predicted octanol–water partition coefficient (Wildman–Crippen LogP) is 1.75. The number of carbonyl (C=O) groups is 1. The molecular formula is C15H14F6N4O2. The van der Waals surface area contributed by atoms with E-state index in [1.807, 2.05) is 0 Å². The van der Waals surface area contributed by atoms with Crippen molar-refractivity contribution in [2.24, 2.45) is 5.73 Å². The summed E-state index contributed by atoms with van der Waals surface area (Å²) < 4.78 is 83.8. The van der Waals surface area contributed by atoms with Crippen LogP contribution in [0, 0.1) is 11.3 Å². The smallest absolute Gasteiger partial charge is 0.353 e. The number of alkyl halides is 6. The van der Waals surface area contributed by atoms with E-state index in [-0.39, 0.29) is 13.1 Å². The van der Waals surface area contributed by atoms with Gasteiger partial charge in [-0.3, -0.25) is 4.79 Å². The fourth-order valence-electron chi connectivity index (χ4n) is 2.54. The largest absolute Gasteiger partial charge is 0.433 e.